The van der Waals surface area contributed by atoms with E-state index in [1.807, 2.05) is 20.8 Å². The van der Waals surface area contributed by atoms with Crippen LogP contribution in [0.1, 0.15) is 54.6 Å². The molecule has 162 valence electrons. The fourth-order valence-electron chi connectivity index (χ4n) is 2.55. The zero-order valence-corrected chi connectivity index (χ0v) is 17.0. The summed E-state index contributed by atoms with van der Waals surface area (Å²) in [6.45, 7) is 5.51. The van der Waals surface area contributed by atoms with Crippen LogP contribution in [0.5, 0.6) is 5.75 Å². The Morgan fingerprint density at radius 2 is 1.73 bits per heavy atom. The van der Waals surface area contributed by atoms with Crippen LogP contribution in [0.15, 0.2) is 42.5 Å². The van der Waals surface area contributed by atoms with Crippen LogP contribution in [0.4, 0.5) is 18.9 Å². The van der Waals surface area contributed by atoms with Gasteiger partial charge in [0.2, 0.25) is 0 Å². The summed E-state index contributed by atoms with van der Waals surface area (Å²) in [6.07, 6.45) is -3.93. The summed E-state index contributed by atoms with van der Waals surface area (Å²) in [5.41, 5.74) is 0.260. The Bertz CT molecular complexity index is 877. The minimum absolute atomic E-state index is 0.105. The molecule has 2 rings (SSSR count). The standard InChI is InChI=1S/C22H24F3NO4/c1-4-11-29-19-10-9-17(22(23,24)25)12-18(19)26-20(27)13-30-21(28)16-7-5-15(6-8-16)14(2)3/h5-10,12,14H,4,11,13H2,1-3H3,(H,26,27). The molecule has 2 aromatic carbocycles. The van der Waals surface area contributed by atoms with Gasteiger partial charge in [-0.3, -0.25) is 4.79 Å². The first-order valence-electron chi connectivity index (χ1n) is 9.52. The topological polar surface area (TPSA) is 64.6 Å². The quantitative estimate of drug-likeness (QED) is 0.577. The number of benzene rings is 2. The molecule has 8 heteroatoms. The lowest BCUT2D eigenvalue weighted by Gasteiger charge is -2.15. The molecule has 0 atom stereocenters. The third-order valence-electron chi connectivity index (χ3n) is 4.19. The van der Waals surface area contributed by atoms with Gasteiger partial charge in [-0.2, -0.15) is 13.2 Å². The van der Waals surface area contributed by atoms with Crippen molar-refractivity contribution >= 4 is 17.6 Å². The van der Waals surface area contributed by atoms with Gasteiger partial charge in [-0.1, -0.05) is 32.9 Å². The van der Waals surface area contributed by atoms with Crippen LogP contribution >= 0.6 is 0 Å². The molecular weight excluding hydrogens is 399 g/mol. The molecule has 1 N–H and O–H groups in total. The van der Waals surface area contributed by atoms with E-state index < -0.39 is 30.2 Å². The first-order chi connectivity index (χ1) is 14.1. The predicted octanol–water partition coefficient (Wildman–Crippen LogP) is 5.41. The van der Waals surface area contributed by atoms with Crippen LogP contribution in [0, 0.1) is 0 Å². The summed E-state index contributed by atoms with van der Waals surface area (Å²) in [4.78, 5) is 24.3. The Labute approximate surface area is 173 Å². The second-order valence-corrected chi connectivity index (χ2v) is 6.96. The van der Waals surface area contributed by atoms with E-state index >= 15 is 0 Å². The van der Waals surface area contributed by atoms with Gasteiger partial charge in [0.1, 0.15) is 5.75 Å². The van der Waals surface area contributed by atoms with Gasteiger partial charge in [0, 0.05) is 0 Å². The van der Waals surface area contributed by atoms with Crippen molar-refractivity contribution < 1.29 is 32.2 Å². The molecule has 5 nitrogen and oxygen atoms in total. The third-order valence-corrected chi connectivity index (χ3v) is 4.19. The number of ether oxygens (including phenoxy) is 2. The minimum Gasteiger partial charge on any atom is -0.491 e. The van der Waals surface area contributed by atoms with Crippen molar-refractivity contribution in [3.63, 3.8) is 0 Å². The van der Waals surface area contributed by atoms with Gasteiger partial charge in [0.15, 0.2) is 6.61 Å². The molecule has 0 aliphatic heterocycles. The van der Waals surface area contributed by atoms with Gasteiger partial charge in [0.05, 0.1) is 23.4 Å². The summed E-state index contributed by atoms with van der Waals surface area (Å²) in [7, 11) is 0. The van der Waals surface area contributed by atoms with Crippen molar-refractivity contribution in [2.45, 2.75) is 39.3 Å². The number of alkyl halides is 3. The maximum atomic E-state index is 13.0. The van der Waals surface area contributed by atoms with E-state index in [-0.39, 0.29) is 23.6 Å². The highest BCUT2D eigenvalue weighted by molar-refractivity contribution is 5.96. The maximum absolute atomic E-state index is 13.0. The summed E-state index contributed by atoms with van der Waals surface area (Å²) >= 11 is 0. The van der Waals surface area contributed by atoms with Gasteiger partial charge in [-0.05, 0) is 48.2 Å². The van der Waals surface area contributed by atoms with Gasteiger partial charge in [-0.15, -0.1) is 0 Å². The van der Waals surface area contributed by atoms with Crippen molar-refractivity contribution in [3.8, 4) is 5.75 Å². The van der Waals surface area contributed by atoms with Crippen molar-refractivity contribution in [1.29, 1.82) is 0 Å². The first kappa shape index (κ1) is 23.3. The van der Waals surface area contributed by atoms with Crippen molar-refractivity contribution in [3.05, 3.63) is 59.2 Å². The number of carbonyl (C=O) groups excluding carboxylic acids is 2. The van der Waals surface area contributed by atoms with Crippen molar-refractivity contribution in [2.24, 2.45) is 0 Å². The number of nitrogens with one attached hydrogen (secondary N) is 1. The third kappa shape index (κ3) is 6.50. The molecule has 2 aromatic rings. The fourth-order valence-corrected chi connectivity index (χ4v) is 2.55. The Morgan fingerprint density at radius 3 is 2.30 bits per heavy atom. The van der Waals surface area contributed by atoms with Gasteiger partial charge < -0.3 is 14.8 Å². The highest BCUT2D eigenvalue weighted by Crippen LogP contribution is 2.35. The van der Waals surface area contributed by atoms with E-state index in [4.69, 9.17) is 9.47 Å². The lowest BCUT2D eigenvalue weighted by molar-refractivity contribution is -0.137. The first-order valence-corrected chi connectivity index (χ1v) is 9.52. The van der Waals surface area contributed by atoms with E-state index in [2.05, 4.69) is 5.32 Å². The highest BCUT2D eigenvalue weighted by atomic mass is 19.4. The van der Waals surface area contributed by atoms with Gasteiger partial charge in [0.25, 0.3) is 5.91 Å². The van der Waals surface area contributed by atoms with E-state index in [0.29, 0.717) is 12.3 Å². The zero-order chi connectivity index (χ0) is 22.3. The number of anilines is 1. The van der Waals surface area contributed by atoms with Crippen LogP contribution in [-0.4, -0.2) is 25.1 Å². The Balaban J connectivity index is 2.04. The minimum atomic E-state index is -4.57. The average Bonchev–Trinajstić information content (AvgIpc) is 2.70. The normalized spacial score (nSPS) is 11.3. The molecule has 0 aromatic heterocycles. The molecule has 0 bridgehead atoms. The molecular formula is C22H24F3NO4. The highest BCUT2D eigenvalue weighted by Gasteiger charge is 2.31. The van der Waals surface area contributed by atoms with Crippen LogP contribution in [0.25, 0.3) is 0 Å². The molecule has 0 fully saturated rings. The van der Waals surface area contributed by atoms with Gasteiger partial charge in [-0.25, -0.2) is 4.79 Å². The molecule has 1 amide bonds. The Kier molecular flexibility index (Phi) is 7.86. The van der Waals surface area contributed by atoms with Crippen molar-refractivity contribution in [1.82, 2.24) is 0 Å². The average molecular weight is 423 g/mol. The number of rotatable bonds is 8. The lowest BCUT2D eigenvalue weighted by atomic mass is 10.0. The lowest BCUT2D eigenvalue weighted by Crippen LogP contribution is -2.21. The van der Waals surface area contributed by atoms with Crippen LogP contribution in [0.2, 0.25) is 0 Å². The largest absolute Gasteiger partial charge is 0.491 e. The molecule has 0 radical (unpaired) electrons. The molecule has 0 saturated heterocycles. The number of hydrogen-bond donors (Lipinski definition) is 1. The molecule has 0 spiro atoms. The second kappa shape index (κ2) is 10.1. The number of amides is 1. The summed E-state index contributed by atoms with van der Waals surface area (Å²) in [5, 5.41) is 2.32. The molecule has 0 unspecified atom stereocenters. The van der Waals surface area contributed by atoms with Crippen LogP contribution in [0.3, 0.4) is 0 Å². The molecule has 0 aliphatic rings. The molecule has 0 aliphatic carbocycles. The summed E-state index contributed by atoms with van der Waals surface area (Å²) in [6, 6.07) is 9.59. The number of esters is 1. The van der Waals surface area contributed by atoms with Crippen LogP contribution < -0.4 is 10.1 Å². The second-order valence-electron chi connectivity index (χ2n) is 6.96. The van der Waals surface area contributed by atoms with E-state index in [1.54, 1.807) is 24.3 Å². The molecule has 30 heavy (non-hydrogen) atoms. The van der Waals surface area contributed by atoms with E-state index in [1.165, 1.54) is 0 Å². The number of hydrogen-bond acceptors (Lipinski definition) is 4. The smallest absolute Gasteiger partial charge is 0.416 e. The summed E-state index contributed by atoms with van der Waals surface area (Å²) < 4.78 is 49.3. The predicted molar refractivity (Wildman–Crippen MR) is 107 cm³/mol. The Morgan fingerprint density at radius 1 is 1.07 bits per heavy atom. The zero-order valence-electron chi connectivity index (χ0n) is 17.0. The van der Waals surface area contributed by atoms with E-state index in [9.17, 15) is 22.8 Å². The molecule has 0 saturated carbocycles. The Hall–Kier alpha value is -3.03. The van der Waals surface area contributed by atoms with Crippen molar-refractivity contribution in [2.75, 3.05) is 18.5 Å². The van der Waals surface area contributed by atoms with E-state index in [0.717, 1.165) is 23.8 Å². The fraction of sp³-hybridized carbons (Fsp3) is 0.364. The summed E-state index contributed by atoms with van der Waals surface area (Å²) in [5.74, 6) is -1.07. The number of carbonyl (C=O) groups is 2. The van der Waals surface area contributed by atoms with Crippen LogP contribution in [-0.2, 0) is 15.7 Å². The maximum Gasteiger partial charge on any atom is 0.416 e. The molecule has 0 heterocycles. The monoisotopic (exact) mass is 423 g/mol. The number of halogens is 3. The van der Waals surface area contributed by atoms with Gasteiger partial charge >= 0.3 is 12.1 Å². The SMILES string of the molecule is CCCOc1ccc(C(F)(F)F)cc1NC(=O)COC(=O)c1ccc(C(C)C)cc1.